The quantitative estimate of drug-likeness (QED) is 0.848. The van der Waals surface area contributed by atoms with Gasteiger partial charge < -0.3 is 10.6 Å². The molecule has 2 N–H and O–H groups in total. The van der Waals surface area contributed by atoms with Crippen molar-refractivity contribution >= 4 is 11.6 Å². The van der Waals surface area contributed by atoms with Gasteiger partial charge in [-0.1, -0.05) is 12.1 Å². The fraction of sp³-hybridized carbons (Fsp3) is 0.588. The molecule has 0 saturated carbocycles. The Bertz CT molecular complexity index is 497. The molecule has 1 saturated heterocycles. The van der Waals surface area contributed by atoms with Gasteiger partial charge >= 0.3 is 0 Å². The summed E-state index contributed by atoms with van der Waals surface area (Å²) in [6, 6.07) is 8.41. The molecule has 0 bridgehead atoms. The van der Waals surface area contributed by atoms with Crippen molar-refractivity contribution < 1.29 is 4.79 Å². The number of carbonyl (C=O) groups excluding carboxylic acids is 1. The fourth-order valence-corrected chi connectivity index (χ4v) is 2.99. The van der Waals surface area contributed by atoms with Crippen molar-refractivity contribution in [3.8, 4) is 0 Å². The Kier molecular flexibility index (Phi) is 4.28. The zero-order valence-corrected chi connectivity index (χ0v) is 13.8. The topological polar surface area (TPSA) is 49.6 Å². The van der Waals surface area contributed by atoms with Gasteiger partial charge in [-0.15, -0.1) is 0 Å². The highest BCUT2D eigenvalue weighted by Gasteiger charge is 2.37. The van der Waals surface area contributed by atoms with Gasteiger partial charge in [0.25, 0.3) is 0 Å². The summed E-state index contributed by atoms with van der Waals surface area (Å²) in [5.74, 6) is 0.194. The summed E-state index contributed by atoms with van der Waals surface area (Å²) in [7, 11) is 2.13. The number of nitrogens with two attached hydrogens (primary N) is 1. The lowest BCUT2D eigenvalue weighted by Crippen LogP contribution is -2.59. The average molecular weight is 289 g/mol. The Morgan fingerprint density at radius 3 is 2.10 bits per heavy atom. The van der Waals surface area contributed by atoms with Crippen molar-refractivity contribution in [2.45, 2.75) is 45.2 Å². The largest absolute Gasteiger partial charge is 0.399 e. The second-order valence-electron chi connectivity index (χ2n) is 6.82. The number of nitrogen functional groups attached to an aromatic ring is 1. The van der Waals surface area contributed by atoms with Gasteiger partial charge in [-0.25, -0.2) is 0 Å². The van der Waals surface area contributed by atoms with Crippen molar-refractivity contribution in [2.24, 2.45) is 0 Å². The molecule has 1 amide bonds. The number of anilines is 1. The van der Waals surface area contributed by atoms with Crippen LogP contribution in [-0.2, 0) is 10.2 Å². The van der Waals surface area contributed by atoms with Crippen LogP contribution in [0.25, 0.3) is 0 Å². The molecule has 4 heteroatoms. The normalized spacial score (nSPS) is 24.1. The predicted molar refractivity (Wildman–Crippen MR) is 87.1 cm³/mol. The van der Waals surface area contributed by atoms with Crippen molar-refractivity contribution in [3.63, 3.8) is 0 Å². The lowest BCUT2D eigenvalue weighted by molar-refractivity contribution is -0.140. The number of amides is 1. The summed E-state index contributed by atoms with van der Waals surface area (Å²) >= 11 is 0. The van der Waals surface area contributed by atoms with Crippen LogP contribution in [0.2, 0.25) is 0 Å². The third-order valence-electron chi connectivity index (χ3n) is 4.81. The Morgan fingerprint density at radius 1 is 1.14 bits per heavy atom. The van der Waals surface area contributed by atoms with Crippen molar-refractivity contribution in [1.82, 2.24) is 9.80 Å². The third-order valence-corrected chi connectivity index (χ3v) is 4.81. The highest BCUT2D eigenvalue weighted by Crippen LogP contribution is 2.28. The first kappa shape index (κ1) is 15.8. The van der Waals surface area contributed by atoms with Crippen LogP contribution in [0.15, 0.2) is 24.3 Å². The molecule has 1 aromatic rings. The van der Waals surface area contributed by atoms with Crippen molar-refractivity contribution in [1.29, 1.82) is 0 Å². The van der Waals surface area contributed by atoms with E-state index in [1.807, 2.05) is 43.0 Å². The van der Waals surface area contributed by atoms with Crippen LogP contribution in [-0.4, -0.2) is 47.9 Å². The summed E-state index contributed by atoms with van der Waals surface area (Å²) in [5.41, 5.74) is 6.96. The van der Waals surface area contributed by atoms with Crippen LogP contribution in [0.1, 0.15) is 33.3 Å². The molecule has 2 unspecified atom stereocenters. The summed E-state index contributed by atoms with van der Waals surface area (Å²) < 4.78 is 0. The van der Waals surface area contributed by atoms with E-state index in [1.54, 1.807) is 0 Å². The zero-order chi connectivity index (χ0) is 15.8. The van der Waals surface area contributed by atoms with E-state index in [0.717, 1.165) is 24.3 Å². The highest BCUT2D eigenvalue weighted by atomic mass is 16.2. The molecule has 1 heterocycles. The number of hydrogen-bond acceptors (Lipinski definition) is 3. The molecule has 0 spiro atoms. The maximum Gasteiger partial charge on any atom is 0.232 e. The minimum absolute atomic E-state index is 0.194. The van der Waals surface area contributed by atoms with E-state index in [4.69, 9.17) is 5.73 Å². The van der Waals surface area contributed by atoms with Crippen LogP contribution < -0.4 is 5.73 Å². The van der Waals surface area contributed by atoms with Gasteiger partial charge in [0.2, 0.25) is 5.91 Å². The Labute approximate surface area is 127 Å². The van der Waals surface area contributed by atoms with Crippen molar-refractivity contribution in [3.05, 3.63) is 29.8 Å². The fourth-order valence-electron chi connectivity index (χ4n) is 2.99. The number of piperazine rings is 1. The van der Waals surface area contributed by atoms with Crippen LogP contribution in [0.5, 0.6) is 0 Å². The molecule has 1 fully saturated rings. The third kappa shape index (κ3) is 3.05. The molecule has 0 aromatic heterocycles. The Balaban J connectivity index is 2.20. The first-order valence-corrected chi connectivity index (χ1v) is 7.61. The molecule has 21 heavy (non-hydrogen) atoms. The smallest absolute Gasteiger partial charge is 0.232 e. The first-order chi connectivity index (χ1) is 9.73. The molecule has 2 atom stereocenters. The summed E-state index contributed by atoms with van der Waals surface area (Å²) in [5, 5.41) is 0. The van der Waals surface area contributed by atoms with E-state index in [9.17, 15) is 4.79 Å². The van der Waals surface area contributed by atoms with Crippen LogP contribution >= 0.6 is 0 Å². The number of benzene rings is 1. The van der Waals surface area contributed by atoms with E-state index in [2.05, 4.69) is 25.8 Å². The van der Waals surface area contributed by atoms with E-state index in [-0.39, 0.29) is 5.91 Å². The number of likely N-dealkylation sites (N-methyl/N-ethyl adjacent to an activating group) is 1. The van der Waals surface area contributed by atoms with Crippen LogP contribution in [0.4, 0.5) is 5.69 Å². The highest BCUT2D eigenvalue weighted by molar-refractivity contribution is 5.87. The molecule has 1 aliphatic heterocycles. The van der Waals surface area contributed by atoms with Gasteiger partial charge in [0, 0.05) is 30.9 Å². The van der Waals surface area contributed by atoms with Gasteiger partial charge in [-0.2, -0.15) is 0 Å². The molecule has 116 valence electrons. The molecule has 2 rings (SSSR count). The zero-order valence-electron chi connectivity index (χ0n) is 13.8. The maximum atomic E-state index is 13.0. The predicted octanol–water partition coefficient (Wildman–Crippen LogP) is 2.10. The monoisotopic (exact) mass is 289 g/mol. The minimum atomic E-state index is -0.525. The van der Waals surface area contributed by atoms with E-state index < -0.39 is 5.41 Å². The molecule has 1 aliphatic rings. The second-order valence-corrected chi connectivity index (χ2v) is 6.82. The lowest BCUT2D eigenvalue weighted by Gasteiger charge is -2.44. The molecule has 1 aromatic carbocycles. The lowest BCUT2D eigenvalue weighted by atomic mass is 9.82. The summed E-state index contributed by atoms with van der Waals surface area (Å²) in [6.45, 7) is 9.91. The molecular weight excluding hydrogens is 262 g/mol. The summed E-state index contributed by atoms with van der Waals surface area (Å²) in [4.78, 5) is 17.3. The molecule has 0 radical (unpaired) electrons. The van der Waals surface area contributed by atoms with Gasteiger partial charge in [0.05, 0.1) is 5.41 Å². The van der Waals surface area contributed by atoms with E-state index in [1.165, 1.54) is 0 Å². The molecule has 0 aliphatic carbocycles. The van der Waals surface area contributed by atoms with E-state index in [0.29, 0.717) is 12.1 Å². The number of rotatable bonds is 2. The Hall–Kier alpha value is -1.55. The number of carbonyl (C=O) groups is 1. The van der Waals surface area contributed by atoms with Crippen LogP contribution in [0, 0.1) is 0 Å². The van der Waals surface area contributed by atoms with Gasteiger partial charge in [0.1, 0.15) is 0 Å². The number of hydrogen-bond donors (Lipinski definition) is 1. The average Bonchev–Trinajstić information content (AvgIpc) is 2.43. The number of nitrogens with zero attached hydrogens (tertiary/aromatic N) is 2. The first-order valence-electron chi connectivity index (χ1n) is 7.61. The van der Waals surface area contributed by atoms with Gasteiger partial charge in [0.15, 0.2) is 0 Å². The van der Waals surface area contributed by atoms with Crippen LogP contribution in [0.3, 0.4) is 0 Å². The van der Waals surface area contributed by atoms with Gasteiger partial charge in [-0.3, -0.25) is 9.69 Å². The molecule has 4 nitrogen and oxygen atoms in total. The minimum Gasteiger partial charge on any atom is -0.399 e. The van der Waals surface area contributed by atoms with Crippen molar-refractivity contribution in [2.75, 3.05) is 25.9 Å². The standard InChI is InChI=1S/C17H27N3O/c1-12-10-20(11-13(2)19(12)5)16(21)17(3,4)14-6-8-15(18)9-7-14/h6-9,12-13H,10-11,18H2,1-5H3. The molecular formula is C17H27N3O. The SMILES string of the molecule is CC1CN(C(=O)C(C)(C)c2ccc(N)cc2)CC(C)N1C. The Morgan fingerprint density at radius 2 is 1.62 bits per heavy atom. The second kappa shape index (κ2) is 5.68. The van der Waals surface area contributed by atoms with Gasteiger partial charge in [-0.05, 0) is 52.4 Å². The van der Waals surface area contributed by atoms with E-state index >= 15 is 0 Å². The maximum absolute atomic E-state index is 13.0. The summed E-state index contributed by atoms with van der Waals surface area (Å²) in [6.07, 6.45) is 0.